The molecule has 1 N–H and O–H groups in total. The zero-order chi connectivity index (χ0) is 21.8. The molecule has 0 atom stereocenters. The van der Waals surface area contributed by atoms with Gasteiger partial charge in [-0.25, -0.2) is 9.97 Å². The number of aromatic nitrogens is 3. The van der Waals surface area contributed by atoms with Gasteiger partial charge in [0.2, 0.25) is 5.91 Å². The summed E-state index contributed by atoms with van der Waals surface area (Å²) < 4.78 is 0. The van der Waals surface area contributed by atoms with E-state index in [2.05, 4.69) is 27.3 Å². The number of carbonyl (C=O) groups is 1. The second-order valence-electron chi connectivity index (χ2n) is 8.67. The van der Waals surface area contributed by atoms with Crippen molar-refractivity contribution in [3.05, 3.63) is 71.7 Å². The molecule has 1 aromatic carbocycles. The van der Waals surface area contributed by atoms with Crippen molar-refractivity contribution in [1.29, 1.82) is 0 Å². The van der Waals surface area contributed by atoms with Gasteiger partial charge in [0.05, 0.1) is 0 Å². The first-order valence-electron chi connectivity index (χ1n) is 11.6. The fourth-order valence-electron chi connectivity index (χ4n) is 4.77. The number of rotatable bonds is 6. The van der Waals surface area contributed by atoms with Gasteiger partial charge >= 0.3 is 0 Å². The van der Waals surface area contributed by atoms with Crippen LogP contribution in [0.3, 0.4) is 0 Å². The first-order chi connectivity index (χ1) is 15.8. The molecule has 1 aliphatic heterocycles. The molecule has 164 valence electrons. The highest BCUT2D eigenvalue weighted by Gasteiger charge is 2.29. The third-order valence-corrected chi connectivity index (χ3v) is 6.57. The lowest BCUT2D eigenvalue weighted by molar-refractivity contribution is -0.125. The summed E-state index contributed by atoms with van der Waals surface area (Å²) in [5.74, 6) is 2.16. The van der Waals surface area contributed by atoms with Crippen LogP contribution in [0.5, 0.6) is 0 Å². The Morgan fingerprint density at radius 2 is 1.78 bits per heavy atom. The third-order valence-electron chi connectivity index (χ3n) is 6.57. The van der Waals surface area contributed by atoms with E-state index in [1.807, 2.05) is 30.3 Å². The van der Waals surface area contributed by atoms with E-state index in [1.54, 1.807) is 12.4 Å². The van der Waals surface area contributed by atoms with Crippen molar-refractivity contribution in [2.75, 3.05) is 24.5 Å². The van der Waals surface area contributed by atoms with Crippen LogP contribution in [0.4, 0.5) is 5.82 Å². The van der Waals surface area contributed by atoms with Gasteiger partial charge in [0, 0.05) is 54.8 Å². The second kappa shape index (κ2) is 9.47. The van der Waals surface area contributed by atoms with E-state index in [0.29, 0.717) is 6.54 Å². The largest absolute Gasteiger partial charge is 0.356 e. The fourth-order valence-corrected chi connectivity index (χ4v) is 4.77. The van der Waals surface area contributed by atoms with E-state index in [1.165, 1.54) is 16.8 Å². The van der Waals surface area contributed by atoms with Gasteiger partial charge in [0.25, 0.3) is 0 Å². The van der Waals surface area contributed by atoms with Gasteiger partial charge in [0.1, 0.15) is 5.82 Å². The highest BCUT2D eigenvalue weighted by atomic mass is 16.1. The third kappa shape index (κ3) is 4.49. The maximum absolute atomic E-state index is 12.7. The molecule has 1 fully saturated rings. The van der Waals surface area contributed by atoms with Gasteiger partial charge in [-0.1, -0.05) is 30.3 Å². The summed E-state index contributed by atoms with van der Waals surface area (Å²) in [7, 11) is 0. The number of hydrogen-bond donors (Lipinski definition) is 1. The van der Waals surface area contributed by atoms with E-state index in [4.69, 9.17) is 9.97 Å². The number of benzene rings is 1. The van der Waals surface area contributed by atoms with Crippen LogP contribution in [0.1, 0.15) is 36.1 Å². The summed E-state index contributed by atoms with van der Waals surface area (Å²) in [5.41, 5.74) is 4.77. The number of nitrogens with one attached hydrogen (secondary N) is 1. The molecule has 6 heteroatoms. The Kier molecular flexibility index (Phi) is 6.10. The average Bonchev–Trinajstić information content (AvgIpc) is 3.34. The number of anilines is 1. The maximum Gasteiger partial charge on any atom is 0.223 e. The quantitative estimate of drug-likeness (QED) is 0.651. The Morgan fingerprint density at radius 1 is 1.00 bits per heavy atom. The number of amides is 1. The van der Waals surface area contributed by atoms with E-state index < -0.39 is 0 Å². The molecule has 5 rings (SSSR count). The lowest BCUT2D eigenvalue weighted by atomic mass is 9.95. The fraction of sp³-hybridized carbons (Fsp3) is 0.385. The summed E-state index contributed by atoms with van der Waals surface area (Å²) in [6.07, 6.45) is 9.37. The highest BCUT2D eigenvalue weighted by molar-refractivity contribution is 5.79. The van der Waals surface area contributed by atoms with Crippen molar-refractivity contribution >= 4 is 11.7 Å². The number of hydrogen-bond acceptors (Lipinski definition) is 5. The van der Waals surface area contributed by atoms with E-state index in [9.17, 15) is 4.79 Å². The number of piperidine rings is 1. The standard InChI is InChI=1S/C26H29N5O/c32-26(28-16-11-19-9-14-27-15-10-19)21-12-17-31(18-13-21)25-22-7-4-8-23(22)29-24(30-25)20-5-2-1-3-6-20/h1-3,5-6,9-10,14-15,21H,4,7-8,11-13,16-18H2,(H,28,32). The topological polar surface area (TPSA) is 71.0 Å². The predicted molar refractivity (Wildman–Crippen MR) is 125 cm³/mol. The van der Waals surface area contributed by atoms with Crippen LogP contribution < -0.4 is 10.2 Å². The molecule has 0 bridgehead atoms. The Bertz CT molecular complexity index is 1060. The molecule has 0 radical (unpaired) electrons. The van der Waals surface area contributed by atoms with Gasteiger partial charge in [-0.05, 0) is 56.2 Å². The number of nitrogens with zero attached hydrogens (tertiary/aromatic N) is 4. The van der Waals surface area contributed by atoms with Crippen molar-refractivity contribution in [3.63, 3.8) is 0 Å². The van der Waals surface area contributed by atoms with Gasteiger partial charge in [-0.2, -0.15) is 0 Å². The minimum atomic E-state index is 0.0761. The molecule has 0 saturated carbocycles. The van der Waals surface area contributed by atoms with Crippen LogP contribution in [-0.2, 0) is 24.1 Å². The molecule has 3 aromatic rings. The van der Waals surface area contributed by atoms with Crippen LogP contribution in [0.25, 0.3) is 11.4 Å². The molecule has 32 heavy (non-hydrogen) atoms. The first kappa shape index (κ1) is 20.6. The Morgan fingerprint density at radius 3 is 2.56 bits per heavy atom. The minimum absolute atomic E-state index is 0.0761. The normalized spacial score (nSPS) is 16.1. The van der Waals surface area contributed by atoms with Gasteiger partial charge in [0.15, 0.2) is 5.82 Å². The molecular weight excluding hydrogens is 398 g/mol. The lowest BCUT2D eigenvalue weighted by Crippen LogP contribution is -2.41. The van der Waals surface area contributed by atoms with Gasteiger partial charge < -0.3 is 10.2 Å². The molecule has 6 nitrogen and oxygen atoms in total. The molecule has 1 aliphatic carbocycles. The second-order valence-corrected chi connectivity index (χ2v) is 8.67. The Hall–Kier alpha value is -3.28. The van der Waals surface area contributed by atoms with Crippen molar-refractivity contribution in [1.82, 2.24) is 20.3 Å². The lowest BCUT2D eigenvalue weighted by Gasteiger charge is -2.33. The monoisotopic (exact) mass is 427 g/mol. The summed E-state index contributed by atoms with van der Waals surface area (Å²) in [6.45, 7) is 2.39. The maximum atomic E-state index is 12.7. The Balaban J connectivity index is 1.22. The molecule has 0 unspecified atom stereocenters. The molecule has 3 heterocycles. The average molecular weight is 428 g/mol. The molecule has 1 amide bonds. The van der Waals surface area contributed by atoms with Gasteiger partial charge in [-0.3, -0.25) is 9.78 Å². The van der Waals surface area contributed by atoms with Crippen LogP contribution in [-0.4, -0.2) is 40.5 Å². The summed E-state index contributed by atoms with van der Waals surface area (Å²) in [6, 6.07) is 14.2. The first-order valence-corrected chi connectivity index (χ1v) is 11.6. The predicted octanol–water partition coefficient (Wildman–Crippen LogP) is 3.60. The van der Waals surface area contributed by atoms with Crippen molar-refractivity contribution < 1.29 is 4.79 Å². The molecule has 1 saturated heterocycles. The smallest absolute Gasteiger partial charge is 0.223 e. The number of aryl methyl sites for hydroxylation is 1. The molecule has 0 spiro atoms. The molecular formula is C26H29N5O. The van der Waals surface area contributed by atoms with E-state index in [-0.39, 0.29) is 11.8 Å². The van der Waals surface area contributed by atoms with Crippen molar-refractivity contribution in [3.8, 4) is 11.4 Å². The van der Waals surface area contributed by atoms with Crippen LogP contribution in [0.2, 0.25) is 0 Å². The zero-order valence-corrected chi connectivity index (χ0v) is 18.3. The summed E-state index contributed by atoms with van der Waals surface area (Å²) >= 11 is 0. The van der Waals surface area contributed by atoms with Crippen molar-refractivity contribution in [2.24, 2.45) is 5.92 Å². The number of pyridine rings is 1. The van der Waals surface area contributed by atoms with Crippen LogP contribution in [0, 0.1) is 5.92 Å². The zero-order valence-electron chi connectivity index (χ0n) is 18.3. The van der Waals surface area contributed by atoms with E-state index in [0.717, 1.165) is 68.8 Å². The highest BCUT2D eigenvalue weighted by Crippen LogP contribution is 2.33. The van der Waals surface area contributed by atoms with E-state index >= 15 is 0 Å². The van der Waals surface area contributed by atoms with Crippen molar-refractivity contribution in [2.45, 2.75) is 38.5 Å². The SMILES string of the molecule is O=C(NCCc1ccncc1)C1CCN(c2nc(-c3ccccc3)nc3c2CCC3)CC1. The summed E-state index contributed by atoms with van der Waals surface area (Å²) in [4.78, 5) is 29.0. The number of fused-ring (bicyclic) bond motifs is 1. The van der Waals surface area contributed by atoms with Crippen LogP contribution >= 0.6 is 0 Å². The molecule has 2 aromatic heterocycles. The molecule has 2 aliphatic rings. The van der Waals surface area contributed by atoms with Crippen LogP contribution in [0.15, 0.2) is 54.9 Å². The Labute approximate surface area is 189 Å². The van der Waals surface area contributed by atoms with Gasteiger partial charge in [-0.15, -0.1) is 0 Å². The summed E-state index contributed by atoms with van der Waals surface area (Å²) in [5, 5.41) is 3.12. The minimum Gasteiger partial charge on any atom is -0.356 e. The number of carbonyl (C=O) groups excluding carboxylic acids is 1.